The Balaban J connectivity index is 0.000000243. The molecule has 40 heavy (non-hydrogen) atoms. The number of hydrogen-bond acceptors (Lipinski definition) is 6. The van der Waals surface area contributed by atoms with E-state index >= 15 is 0 Å². The van der Waals surface area contributed by atoms with Gasteiger partial charge in [-0.3, -0.25) is 4.79 Å². The summed E-state index contributed by atoms with van der Waals surface area (Å²) in [7, 11) is 0. The number of rotatable bonds is 8. The molecule has 213 valence electrons. The predicted molar refractivity (Wildman–Crippen MR) is 162 cm³/mol. The number of nitrogens with zero attached hydrogens (tertiary/aromatic N) is 2. The van der Waals surface area contributed by atoms with Gasteiger partial charge in [0.25, 0.3) is 0 Å². The number of benzene rings is 1. The third kappa shape index (κ3) is 6.54. The molecule has 0 atom stereocenters. The summed E-state index contributed by atoms with van der Waals surface area (Å²) in [5.74, 6) is 0.547. The first-order valence-corrected chi connectivity index (χ1v) is 14.7. The standard InChI is InChI=1S/C20H13N2OS.C13H24O2.Ir/c1-11-10-24-16-8-9-21-18(17(11)16)15-5-3-4-13-14-7-6-12(2)22-20(14)23-19(13)15;1-5-10(6-2)12(14)9-13(15)11(7-3)8-4;/h3-4,6-10H,1-2H3;9-11,14H,5-8H2,1-4H3;/q-1;;/b;12-9-;. The van der Waals surface area contributed by atoms with Gasteiger partial charge in [0.15, 0.2) is 5.78 Å². The van der Waals surface area contributed by atoms with Crippen molar-refractivity contribution in [1.29, 1.82) is 0 Å². The second kappa shape index (κ2) is 14.2. The van der Waals surface area contributed by atoms with Gasteiger partial charge in [-0.15, -0.1) is 29.5 Å². The summed E-state index contributed by atoms with van der Waals surface area (Å²) in [5, 5.41) is 15.2. The number of ketones is 1. The van der Waals surface area contributed by atoms with Crippen LogP contribution in [0.3, 0.4) is 0 Å². The fourth-order valence-corrected chi connectivity index (χ4v) is 5.93. The third-order valence-electron chi connectivity index (χ3n) is 7.43. The molecule has 0 aliphatic heterocycles. The first kappa shape index (κ1) is 31.7. The number of aryl methyl sites for hydroxylation is 2. The molecule has 1 radical (unpaired) electrons. The van der Waals surface area contributed by atoms with E-state index in [-0.39, 0.29) is 43.5 Å². The zero-order valence-electron chi connectivity index (χ0n) is 24.0. The Morgan fingerprint density at radius 2 is 1.73 bits per heavy atom. The molecule has 0 amide bonds. The molecular weight excluding hydrogens is 697 g/mol. The smallest absolute Gasteiger partial charge is 0.216 e. The molecule has 0 saturated heterocycles. The van der Waals surface area contributed by atoms with Gasteiger partial charge in [0.05, 0.1) is 11.3 Å². The average Bonchev–Trinajstić information content (AvgIpc) is 3.50. The number of furan rings is 1. The zero-order valence-corrected chi connectivity index (χ0v) is 27.2. The van der Waals surface area contributed by atoms with Crippen molar-refractivity contribution < 1.29 is 34.4 Å². The Morgan fingerprint density at radius 3 is 2.40 bits per heavy atom. The van der Waals surface area contributed by atoms with E-state index in [1.165, 1.54) is 21.7 Å². The fourth-order valence-electron chi connectivity index (χ4n) is 4.99. The summed E-state index contributed by atoms with van der Waals surface area (Å²) in [6, 6.07) is 13.4. The Kier molecular flexibility index (Phi) is 11.2. The van der Waals surface area contributed by atoms with E-state index in [4.69, 9.17) is 4.42 Å². The number of allylic oxidation sites excluding steroid dienone is 2. The number of aliphatic hydroxyl groups is 1. The molecule has 1 aromatic carbocycles. The van der Waals surface area contributed by atoms with Gasteiger partial charge in [-0.05, 0) is 74.1 Å². The second-order valence-electron chi connectivity index (χ2n) is 9.95. The van der Waals surface area contributed by atoms with Gasteiger partial charge < -0.3 is 14.5 Å². The minimum Gasteiger partial charge on any atom is -0.512 e. The maximum Gasteiger partial charge on any atom is 0.216 e. The monoisotopic (exact) mass is 734 g/mol. The van der Waals surface area contributed by atoms with Gasteiger partial charge in [-0.2, -0.15) is 0 Å². The van der Waals surface area contributed by atoms with Crippen molar-refractivity contribution in [2.45, 2.75) is 67.2 Å². The number of carbonyl (C=O) groups excluding carboxylic acids is 1. The number of fused-ring (bicyclic) bond motifs is 4. The van der Waals surface area contributed by atoms with E-state index in [2.05, 4.69) is 40.5 Å². The predicted octanol–water partition coefficient (Wildman–Crippen LogP) is 9.54. The number of aliphatic hydroxyl groups excluding tert-OH is 1. The quantitative estimate of drug-likeness (QED) is 0.0977. The molecule has 0 bridgehead atoms. The van der Waals surface area contributed by atoms with E-state index in [0.717, 1.165) is 59.0 Å². The minimum absolute atomic E-state index is 0. The number of hydrogen-bond donors (Lipinski definition) is 1. The Bertz CT molecular complexity index is 1630. The van der Waals surface area contributed by atoms with Crippen molar-refractivity contribution >= 4 is 49.3 Å². The van der Waals surface area contributed by atoms with E-state index in [9.17, 15) is 9.90 Å². The van der Waals surface area contributed by atoms with Gasteiger partial charge in [0, 0.05) is 65.7 Å². The van der Waals surface area contributed by atoms with Gasteiger partial charge in [0.2, 0.25) is 5.71 Å². The number of pyridine rings is 2. The van der Waals surface area contributed by atoms with Crippen molar-refractivity contribution in [3.63, 3.8) is 0 Å². The summed E-state index contributed by atoms with van der Waals surface area (Å²) >= 11 is 1.74. The van der Waals surface area contributed by atoms with E-state index in [0.29, 0.717) is 5.71 Å². The number of aromatic nitrogens is 2. The summed E-state index contributed by atoms with van der Waals surface area (Å²) in [6.07, 6.45) is 6.76. The van der Waals surface area contributed by atoms with Crippen LogP contribution in [0.2, 0.25) is 0 Å². The molecular formula is C33H37IrN2O3S-. The minimum atomic E-state index is 0. The first-order valence-electron chi connectivity index (χ1n) is 13.8. The third-order valence-corrected chi connectivity index (χ3v) is 8.49. The van der Waals surface area contributed by atoms with Crippen molar-refractivity contribution in [1.82, 2.24) is 9.97 Å². The van der Waals surface area contributed by atoms with Crippen molar-refractivity contribution in [2.75, 3.05) is 0 Å². The molecule has 0 saturated carbocycles. The summed E-state index contributed by atoms with van der Waals surface area (Å²) in [4.78, 5) is 20.9. The Morgan fingerprint density at radius 1 is 1.02 bits per heavy atom. The molecule has 0 unspecified atom stereocenters. The average molecular weight is 734 g/mol. The van der Waals surface area contributed by atoms with Crippen molar-refractivity contribution in [3.05, 3.63) is 71.1 Å². The summed E-state index contributed by atoms with van der Waals surface area (Å²) in [6.45, 7) is 12.2. The first-order chi connectivity index (χ1) is 18.8. The normalized spacial score (nSPS) is 11.8. The van der Waals surface area contributed by atoms with Crippen LogP contribution in [0.25, 0.3) is 43.4 Å². The second-order valence-corrected chi connectivity index (χ2v) is 10.9. The Hall–Kier alpha value is -2.86. The van der Waals surface area contributed by atoms with Crippen LogP contribution >= 0.6 is 11.3 Å². The number of thiophene rings is 1. The van der Waals surface area contributed by atoms with Gasteiger partial charge in [-0.25, -0.2) is 4.98 Å². The van der Waals surface area contributed by atoms with Gasteiger partial charge in [0.1, 0.15) is 0 Å². The van der Waals surface area contributed by atoms with Crippen LogP contribution in [0.1, 0.15) is 64.6 Å². The Labute approximate surface area is 254 Å². The van der Waals surface area contributed by atoms with E-state index in [1.54, 1.807) is 11.3 Å². The van der Waals surface area contributed by atoms with Crippen molar-refractivity contribution in [2.24, 2.45) is 11.8 Å². The molecule has 5 nitrogen and oxygen atoms in total. The topological polar surface area (TPSA) is 76.2 Å². The van der Waals surface area contributed by atoms with Crippen LogP contribution < -0.4 is 0 Å². The molecule has 4 heterocycles. The molecule has 0 fully saturated rings. The van der Waals surface area contributed by atoms with E-state index in [1.807, 2.05) is 59.0 Å². The molecule has 0 aliphatic rings. The van der Waals surface area contributed by atoms with Crippen LogP contribution in [-0.2, 0) is 24.9 Å². The maximum atomic E-state index is 11.7. The van der Waals surface area contributed by atoms with Crippen LogP contribution in [0.15, 0.2) is 58.2 Å². The molecule has 5 rings (SSSR count). The fraction of sp³-hybridized carbons (Fsp3) is 0.364. The van der Waals surface area contributed by atoms with Crippen LogP contribution in [0.5, 0.6) is 0 Å². The molecule has 0 aliphatic carbocycles. The largest absolute Gasteiger partial charge is 0.512 e. The molecule has 5 aromatic rings. The molecule has 1 N–H and O–H groups in total. The maximum absolute atomic E-state index is 11.7. The van der Waals surface area contributed by atoms with Crippen LogP contribution in [0, 0.1) is 31.7 Å². The van der Waals surface area contributed by atoms with Gasteiger partial charge >= 0.3 is 0 Å². The SMILES string of the molecule is CCC(CC)C(=O)/C=C(\O)C(CC)CC.Cc1ccc2c(n1)oc1c(-c3nccc4scc(C)c34)[c-]ccc12.[Ir]. The van der Waals surface area contributed by atoms with Crippen molar-refractivity contribution in [3.8, 4) is 11.3 Å². The summed E-state index contributed by atoms with van der Waals surface area (Å²) in [5.41, 5.74) is 5.47. The summed E-state index contributed by atoms with van der Waals surface area (Å²) < 4.78 is 7.33. The van der Waals surface area contributed by atoms with Gasteiger partial charge in [-0.1, -0.05) is 38.6 Å². The van der Waals surface area contributed by atoms with Crippen LogP contribution in [-0.4, -0.2) is 20.9 Å². The van der Waals surface area contributed by atoms with E-state index < -0.39 is 0 Å². The zero-order chi connectivity index (χ0) is 28.1. The molecule has 7 heteroatoms. The van der Waals surface area contributed by atoms with Crippen LogP contribution in [0.4, 0.5) is 0 Å². The number of carbonyl (C=O) groups is 1. The molecule has 0 spiro atoms. The molecule has 4 aromatic heterocycles.